The van der Waals surface area contributed by atoms with E-state index in [9.17, 15) is 8.42 Å². The lowest BCUT2D eigenvalue weighted by atomic mass is 10.3. The van der Waals surface area contributed by atoms with Crippen LogP contribution in [0.2, 0.25) is 0 Å². The molecule has 0 amide bonds. The number of ether oxygens (including phenoxy) is 1. The molecule has 0 bridgehead atoms. The number of hydrogen-bond donors (Lipinski definition) is 0. The zero-order chi connectivity index (χ0) is 17.3. The number of hydrogen-bond acceptors (Lipinski definition) is 6. The van der Waals surface area contributed by atoms with Gasteiger partial charge in [-0.05, 0) is 13.0 Å². The molecule has 0 unspecified atom stereocenters. The molecular formula is C14H21N5O3S2. The minimum absolute atomic E-state index is 0.285. The van der Waals surface area contributed by atoms with Crippen molar-refractivity contribution < 1.29 is 13.2 Å². The predicted molar refractivity (Wildman–Crippen MR) is 90.7 cm³/mol. The Kier molecular flexibility index (Phi) is 5.02. The number of fused-ring (bicyclic) bond motifs is 1. The first-order chi connectivity index (χ1) is 11.4. The molecule has 2 aromatic heterocycles. The summed E-state index contributed by atoms with van der Waals surface area (Å²) in [5.74, 6) is 0. The fraction of sp³-hybridized carbons (Fsp3) is 0.571. The van der Waals surface area contributed by atoms with Crippen molar-refractivity contribution in [2.75, 3.05) is 20.6 Å². The van der Waals surface area contributed by atoms with Gasteiger partial charge in [0, 0.05) is 32.2 Å². The van der Waals surface area contributed by atoms with Gasteiger partial charge < -0.3 is 4.74 Å². The Morgan fingerprint density at radius 2 is 2.21 bits per heavy atom. The van der Waals surface area contributed by atoms with Crippen molar-refractivity contribution in [2.24, 2.45) is 0 Å². The van der Waals surface area contributed by atoms with Gasteiger partial charge in [0.05, 0.1) is 42.2 Å². The highest BCUT2D eigenvalue weighted by Crippen LogP contribution is 2.19. The second-order valence-electron chi connectivity index (χ2n) is 5.88. The third-order valence-corrected chi connectivity index (χ3v) is 6.52. The van der Waals surface area contributed by atoms with Crippen LogP contribution in [0.3, 0.4) is 0 Å². The highest BCUT2D eigenvalue weighted by Gasteiger charge is 2.32. The molecule has 3 heterocycles. The molecule has 0 N–H and O–H groups in total. The molecule has 0 saturated carbocycles. The number of aromatic nitrogens is 3. The van der Waals surface area contributed by atoms with Crippen LogP contribution in [0.25, 0.3) is 0 Å². The summed E-state index contributed by atoms with van der Waals surface area (Å²) in [6.07, 6.45) is 1.39. The van der Waals surface area contributed by atoms with Crippen molar-refractivity contribution in [3.05, 3.63) is 34.0 Å². The summed E-state index contributed by atoms with van der Waals surface area (Å²) in [4.78, 5) is 4.38. The number of rotatable bonds is 5. The number of thiazole rings is 1. The van der Waals surface area contributed by atoms with Crippen molar-refractivity contribution in [2.45, 2.75) is 32.7 Å². The van der Waals surface area contributed by atoms with Gasteiger partial charge in [0.15, 0.2) is 0 Å². The van der Waals surface area contributed by atoms with Crippen LogP contribution in [0.1, 0.15) is 16.4 Å². The van der Waals surface area contributed by atoms with Crippen LogP contribution in [-0.4, -0.2) is 58.5 Å². The highest BCUT2D eigenvalue weighted by molar-refractivity contribution is 7.86. The zero-order valence-electron chi connectivity index (χ0n) is 13.9. The smallest absolute Gasteiger partial charge is 0.281 e. The number of nitrogens with zero attached hydrogens (tertiary/aromatic N) is 5. The molecule has 1 aliphatic heterocycles. The van der Waals surface area contributed by atoms with Crippen molar-refractivity contribution in [1.29, 1.82) is 0 Å². The van der Waals surface area contributed by atoms with Crippen LogP contribution in [-0.2, 0) is 34.6 Å². The monoisotopic (exact) mass is 371 g/mol. The van der Waals surface area contributed by atoms with E-state index in [2.05, 4.69) is 10.1 Å². The van der Waals surface area contributed by atoms with Gasteiger partial charge in [-0.2, -0.15) is 22.1 Å². The number of aryl methyl sites for hydroxylation is 1. The fourth-order valence-corrected chi connectivity index (χ4v) is 4.28. The molecular weight excluding hydrogens is 350 g/mol. The summed E-state index contributed by atoms with van der Waals surface area (Å²) in [5.41, 5.74) is 1.72. The van der Waals surface area contributed by atoms with Crippen LogP contribution in [0.15, 0.2) is 17.6 Å². The summed E-state index contributed by atoms with van der Waals surface area (Å²) in [6, 6.07) is 1.84. The summed E-state index contributed by atoms with van der Waals surface area (Å²) in [7, 11) is -0.457. The second kappa shape index (κ2) is 6.89. The lowest BCUT2D eigenvalue weighted by Gasteiger charge is -2.26. The Balaban J connectivity index is 1.78. The maximum absolute atomic E-state index is 12.5. The third kappa shape index (κ3) is 3.67. The van der Waals surface area contributed by atoms with E-state index < -0.39 is 10.2 Å². The Hall–Kier alpha value is -1.33. The van der Waals surface area contributed by atoms with E-state index in [0.29, 0.717) is 13.2 Å². The minimum atomic E-state index is -3.52. The average molecular weight is 371 g/mol. The first-order valence-corrected chi connectivity index (χ1v) is 9.85. The van der Waals surface area contributed by atoms with Crippen molar-refractivity contribution >= 4 is 21.5 Å². The van der Waals surface area contributed by atoms with E-state index in [1.54, 1.807) is 17.5 Å². The molecule has 2 aromatic rings. The van der Waals surface area contributed by atoms with Gasteiger partial charge in [-0.15, -0.1) is 11.3 Å². The zero-order valence-corrected chi connectivity index (χ0v) is 15.5. The molecule has 0 radical (unpaired) electrons. The van der Waals surface area contributed by atoms with Crippen molar-refractivity contribution in [3.8, 4) is 0 Å². The van der Waals surface area contributed by atoms with Gasteiger partial charge in [0.2, 0.25) is 0 Å². The van der Waals surface area contributed by atoms with E-state index in [4.69, 9.17) is 4.74 Å². The van der Waals surface area contributed by atoms with Gasteiger partial charge in [-0.3, -0.25) is 4.68 Å². The van der Waals surface area contributed by atoms with E-state index in [1.165, 1.54) is 22.7 Å². The molecule has 0 aromatic carbocycles. The van der Waals surface area contributed by atoms with E-state index in [1.807, 2.05) is 23.1 Å². The molecule has 0 aliphatic carbocycles. The molecule has 10 heteroatoms. The normalized spacial score (nSPS) is 19.4. The lowest BCUT2D eigenvalue weighted by molar-refractivity contribution is 0.0185. The quantitative estimate of drug-likeness (QED) is 0.779. The molecule has 8 nitrogen and oxygen atoms in total. The molecule has 1 atom stereocenters. The SMILES string of the molecule is Cc1nc(CO[C@@H]2CN(S(=O)(=O)N(C)C)Cc3ccnn3C2)cs1. The molecule has 132 valence electrons. The van der Waals surface area contributed by atoms with Gasteiger partial charge in [0.1, 0.15) is 0 Å². The molecule has 24 heavy (non-hydrogen) atoms. The van der Waals surface area contributed by atoms with Gasteiger partial charge >= 0.3 is 0 Å². The Bertz CT molecular complexity index is 799. The summed E-state index contributed by atoms with van der Waals surface area (Å²) in [5, 5.41) is 7.22. The molecule has 0 saturated heterocycles. The van der Waals surface area contributed by atoms with Crippen molar-refractivity contribution in [3.63, 3.8) is 0 Å². The maximum Gasteiger partial charge on any atom is 0.281 e. The van der Waals surface area contributed by atoms with Crippen LogP contribution >= 0.6 is 11.3 Å². The summed E-state index contributed by atoms with van der Waals surface area (Å²) in [6.45, 7) is 3.40. The predicted octanol–water partition coefficient (Wildman–Crippen LogP) is 0.855. The van der Waals surface area contributed by atoms with Crippen LogP contribution in [0.5, 0.6) is 0 Å². The highest BCUT2D eigenvalue weighted by atomic mass is 32.2. The summed E-state index contributed by atoms with van der Waals surface area (Å²) >= 11 is 1.57. The second-order valence-corrected chi connectivity index (χ2v) is 9.08. The minimum Gasteiger partial charge on any atom is -0.369 e. The Morgan fingerprint density at radius 1 is 1.42 bits per heavy atom. The third-order valence-electron chi connectivity index (χ3n) is 3.85. The topological polar surface area (TPSA) is 80.6 Å². The van der Waals surface area contributed by atoms with Gasteiger partial charge in [-0.1, -0.05) is 0 Å². The maximum atomic E-state index is 12.5. The molecule has 1 aliphatic rings. The standard InChI is InChI=1S/C14H21N5O3S2/c1-11-16-12(10-23-11)9-22-14-7-18(24(20,21)17(2)3)6-13-4-5-15-19(13)8-14/h4-5,10,14H,6-9H2,1-3H3/t14-/m1/s1. The van der Waals surface area contributed by atoms with Crippen LogP contribution in [0.4, 0.5) is 0 Å². The molecule has 3 rings (SSSR count). The first-order valence-electron chi connectivity index (χ1n) is 7.57. The Morgan fingerprint density at radius 3 is 2.88 bits per heavy atom. The Labute approximate surface area is 145 Å². The fourth-order valence-electron chi connectivity index (χ4n) is 2.57. The average Bonchev–Trinajstić information content (AvgIpc) is 3.09. The largest absolute Gasteiger partial charge is 0.369 e. The van der Waals surface area contributed by atoms with E-state index >= 15 is 0 Å². The van der Waals surface area contributed by atoms with E-state index in [-0.39, 0.29) is 19.2 Å². The molecule has 0 spiro atoms. The molecule has 0 fully saturated rings. The van der Waals surface area contributed by atoms with Gasteiger partial charge in [0.25, 0.3) is 10.2 Å². The van der Waals surface area contributed by atoms with Crippen molar-refractivity contribution in [1.82, 2.24) is 23.4 Å². The first kappa shape index (κ1) is 17.5. The van der Waals surface area contributed by atoms with E-state index in [0.717, 1.165) is 16.4 Å². The summed E-state index contributed by atoms with van der Waals surface area (Å²) < 4.78 is 35.5. The van der Waals surface area contributed by atoms with Crippen LogP contribution in [0, 0.1) is 6.92 Å². The lowest BCUT2D eigenvalue weighted by Crippen LogP contribution is -2.43. The van der Waals surface area contributed by atoms with Crippen LogP contribution < -0.4 is 0 Å². The van der Waals surface area contributed by atoms with Gasteiger partial charge in [-0.25, -0.2) is 4.98 Å².